The first-order valence-corrected chi connectivity index (χ1v) is 9.18. The van der Waals surface area contributed by atoms with Crippen molar-refractivity contribution in [3.63, 3.8) is 0 Å². The highest BCUT2D eigenvalue weighted by molar-refractivity contribution is 5.91. The van der Waals surface area contributed by atoms with Crippen LogP contribution in [0, 0.1) is 6.92 Å². The van der Waals surface area contributed by atoms with E-state index in [0.29, 0.717) is 18.1 Å². The molecule has 4 aromatic rings. The van der Waals surface area contributed by atoms with Crippen molar-refractivity contribution in [3.8, 4) is 11.4 Å². The summed E-state index contributed by atoms with van der Waals surface area (Å²) >= 11 is 0. The molecule has 0 saturated heterocycles. The lowest BCUT2D eigenvalue weighted by molar-refractivity contribution is 0.273. The minimum absolute atomic E-state index is 0.00963. The largest absolute Gasteiger partial charge is 0.394 e. The summed E-state index contributed by atoms with van der Waals surface area (Å²) < 4.78 is 1.76. The second-order valence-electron chi connectivity index (χ2n) is 6.75. The number of hydrogen-bond donors (Lipinski definition) is 2. The van der Waals surface area contributed by atoms with Crippen LogP contribution >= 0.6 is 0 Å². The Bertz CT molecular complexity index is 1080. The van der Waals surface area contributed by atoms with Crippen LogP contribution in [0.2, 0.25) is 0 Å². The third-order valence-electron chi connectivity index (χ3n) is 4.68. The first kappa shape index (κ1) is 18.1. The van der Waals surface area contributed by atoms with Gasteiger partial charge in [0.2, 0.25) is 0 Å². The summed E-state index contributed by atoms with van der Waals surface area (Å²) in [6.45, 7) is 1.93. The highest BCUT2D eigenvalue weighted by Gasteiger charge is 2.18. The Labute approximate surface area is 163 Å². The van der Waals surface area contributed by atoms with Gasteiger partial charge in [0.05, 0.1) is 23.7 Å². The van der Waals surface area contributed by atoms with Crippen LogP contribution in [0.25, 0.3) is 22.4 Å². The highest BCUT2D eigenvalue weighted by atomic mass is 16.3. The monoisotopic (exact) mass is 374 g/mol. The molecule has 4 rings (SSSR count). The van der Waals surface area contributed by atoms with Crippen molar-refractivity contribution in [2.75, 3.05) is 11.9 Å². The molecule has 1 atom stereocenters. The number of benzene rings is 1. The Balaban J connectivity index is 1.76. The van der Waals surface area contributed by atoms with Crippen LogP contribution in [-0.2, 0) is 13.5 Å². The lowest BCUT2D eigenvalue weighted by Crippen LogP contribution is -2.27. The molecule has 0 spiro atoms. The number of nitrogens with one attached hydrogen (secondary N) is 1. The molecule has 0 amide bonds. The van der Waals surface area contributed by atoms with Crippen LogP contribution in [0.5, 0.6) is 0 Å². The first-order chi connectivity index (χ1) is 13.7. The fraction of sp³-hybridized carbons (Fsp3) is 0.238. The molecule has 142 valence electrons. The Kier molecular flexibility index (Phi) is 4.99. The van der Waals surface area contributed by atoms with Gasteiger partial charge < -0.3 is 10.4 Å². The van der Waals surface area contributed by atoms with Gasteiger partial charge in [-0.3, -0.25) is 9.67 Å². The number of rotatable bonds is 6. The molecule has 0 saturated carbocycles. The predicted octanol–water partition coefficient (Wildman–Crippen LogP) is 2.75. The number of hydrogen-bond acceptors (Lipinski definition) is 6. The van der Waals surface area contributed by atoms with Crippen molar-refractivity contribution in [2.45, 2.75) is 19.4 Å². The Morgan fingerprint density at radius 2 is 1.82 bits per heavy atom. The van der Waals surface area contributed by atoms with Gasteiger partial charge in [0.15, 0.2) is 11.5 Å². The van der Waals surface area contributed by atoms with E-state index in [1.165, 1.54) is 0 Å². The predicted molar refractivity (Wildman–Crippen MR) is 109 cm³/mol. The number of nitrogens with zero attached hydrogens (tertiary/aromatic N) is 5. The number of pyridine rings is 1. The molecule has 28 heavy (non-hydrogen) atoms. The fourth-order valence-electron chi connectivity index (χ4n) is 3.33. The standard InChI is InChI=1S/C21H22N6O/c1-14-18-20(23-17(13-28)12-15-6-4-3-5-7-15)24-19(16-8-10-22-11-9-16)25-21(18)27(2)26-14/h3-11,17,28H,12-13H2,1-2H3,(H,23,24,25). The van der Waals surface area contributed by atoms with E-state index < -0.39 is 0 Å². The summed E-state index contributed by atoms with van der Waals surface area (Å²) in [6.07, 6.45) is 4.12. The van der Waals surface area contributed by atoms with Gasteiger partial charge in [0, 0.05) is 25.0 Å². The highest BCUT2D eigenvalue weighted by Crippen LogP contribution is 2.27. The average Bonchev–Trinajstić information content (AvgIpc) is 3.02. The van der Waals surface area contributed by atoms with E-state index in [1.54, 1.807) is 17.1 Å². The molecule has 0 aliphatic rings. The first-order valence-electron chi connectivity index (χ1n) is 9.18. The molecule has 0 radical (unpaired) electrons. The molecular weight excluding hydrogens is 352 g/mol. The average molecular weight is 374 g/mol. The summed E-state index contributed by atoms with van der Waals surface area (Å²) in [5.74, 6) is 1.27. The van der Waals surface area contributed by atoms with Gasteiger partial charge in [-0.15, -0.1) is 0 Å². The lowest BCUT2D eigenvalue weighted by Gasteiger charge is -2.18. The molecule has 0 fully saturated rings. The Morgan fingerprint density at radius 1 is 1.07 bits per heavy atom. The molecule has 0 bridgehead atoms. The maximum Gasteiger partial charge on any atom is 0.164 e. The maximum absolute atomic E-state index is 9.95. The van der Waals surface area contributed by atoms with Gasteiger partial charge >= 0.3 is 0 Å². The third kappa shape index (κ3) is 3.57. The van der Waals surface area contributed by atoms with E-state index in [2.05, 4.69) is 27.5 Å². The van der Waals surface area contributed by atoms with E-state index >= 15 is 0 Å². The van der Waals surface area contributed by atoms with Crippen molar-refractivity contribution >= 4 is 16.9 Å². The van der Waals surface area contributed by atoms with Gasteiger partial charge in [0.25, 0.3) is 0 Å². The Hall–Kier alpha value is -3.32. The molecule has 0 aliphatic carbocycles. The second-order valence-corrected chi connectivity index (χ2v) is 6.75. The van der Waals surface area contributed by atoms with Crippen LogP contribution in [-0.4, -0.2) is 42.5 Å². The summed E-state index contributed by atoms with van der Waals surface area (Å²) in [6, 6.07) is 13.7. The zero-order valence-corrected chi connectivity index (χ0v) is 15.9. The van der Waals surface area contributed by atoms with E-state index in [-0.39, 0.29) is 12.6 Å². The van der Waals surface area contributed by atoms with E-state index in [0.717, 1.165) is 27.9 Å². The summed E-state index contributed by atoms with van der Waals surface area (Å²) in [4.78, 5) is 13.5. The summed E-state index contributed by atoms with van der Waals surface area (Å²) in [7, 11) is 1.87. The number of fused-ring (bicyclic) bond motifs is 1. The van der Waals surface area contributed by atoms with E-state index in [9.17, 15) is 5.11 Å². The van der Waals surface area contributed by atoms with Gasteiger partial charge in [-0.05, 0) is 31.0 Å². The summed E-state index contributed by atoms with van der Waals surface area (Å²) in [5.41, 5.74) is 3.62. The molecular formula is C21H22N6O. The van der Waals surface area contributed by atoms with Crippen LogP contribution in [0.1, 0.15) is 11.3 Å². The minimum atomic E-state index is -0.176. The summed E-state index contributed by atoms with van der Waals surface area (Å²) in [5, 5.41) is 18.7. The SMILES string of the molecule is Cc1nn(C)c2nc(-c3ccncc3)nc(NC(CO)Cc3ccccc3)c12. The molecule has 7 heteroatoms. The van der Waals surface area contributed by atoms with Crippen molar-refractivity contribution in [2.24, 2.45) is 7.05 Å². The minimum Gasteiger partial charge on any atom is -0.394 e. The molecule has 1 unspecified atom stereocenters. The number of aryl methyl sites for hydroxylation is 2. The lowest BCUT2D eigenvalue weighted by atomic mass is 10.1. The topological polar surface area (TPSA) is 88.8 Å². The smallest absolute Gasteiger partial charge is 0.164 e. The van der Waals surface area contributed by atoms with E-state index in [1.807, 2.05) is 44.3 Å². The Morgan fingerprint density at radius 3 is 2.54 bits per heavy atom. The van der Waals surface area contributed by atoms with Crippen LogP contribution in [0.15, 0.2) is 54.9 Å². The normalized spacial score (nSPS) is 12.2. The van der Waals surface area contributed by atoms with Crippen molar-refractivity contribution in [1.82, 2.24) is 24.7 Å². The molecule has 1 aromatic carbocycles. The maximum atomic E-state index is 9.95. The van der Waals surface area contributed by atoms with Gasteiger partial charge in [0.1, 0.15) is 5.82 Å². The van der Waals surface area contributed by atoms with Crippen molar-refractivity contribution in [3.05, 3.63) is 66.1 Å². The number of anilines is 1. The third-order valence-corrected chi connectivity index (χ3v) is 4.68. The van der Waals surface area contributed by atoms with Gasteiger partial charge in [-0.25, -0.2) is 9.97 Å². The fourth-order valence-corrected chi connectivity index (χ4v) is 3.33. The van der Waals surface area contributed by atoms with Crippen LogP contribution in [0.4, 0.5) is 5.82 Å². The number of aliphatic hydroxyl groups excluding tert-OH is 1. The molecule has 7 nitrogen and oxygen atoms in total. The zero-order valence-electron chi connectivity index (χ0n) is 15.9. The van der Waals surface area contributed by atoms with Gasteiger partial charge in [-0.1, -0.05) is 30.3 Å². The van der Waals surface area contributed by atoms with Crippen molar-refractivity contribution in [1.29, 1.82) is 0 Å². The van der Waals surface area contributed by atoms with Crippen LogP contribution < -0.4 is 5.32 Å². The molecule has 3 heterocycles. The number of aromatic nitrogens is 5. The van der Waals surface area contributed by atoms with E-state index in [4.69, 9.17) is 9.97 Å². The van der Waals surface area contributed by atoms with Crippen LogP contribution in [0.3, 0.4) is 0 Å². The molecule has 0 aliphatic heterocycles. The quantitative estimate of drug-likeness (QED) is 0.539. The second kappa shape index (κ2) is 7.74. The number of aliphatic hydroxyl groups is 1. The van der Waals surface area contributed by atoms with Crippen molar-refractivity contribution < 1.29 is 5.11 Å². The van der Waals surface area contributed by atoms with Gasteiger partial charge in [-0.2, -0.15) is 5.10 Å². The molecule has 3 aromatic heterocycles. The molecule has 2 N–H and O–H groups in total. The zero-order chi connectivity index (χ0) is 19.5.